The van der Waals surface area contributed by atoms with Gasteiger partial charge in [0.15, 0.2) is 0 Å². The van der Waals surface area contributed by atoms with Crippen LogP contribution in [0.2, 0.25) is 0 Å². The van der Waals surface area contributed by atoms with E-state index in [0.717, 1.165) is 0 Å². The van der Waals surface area contributed by atoms with E-state index in [1.807, 2.05) is 0 Å². The third kappa shape index (κ3) is 4.22. The Balaban J connectivity index is 1.45. The van der Waals surface area contributed by atoms with Gasteiger partial charge in [-0.2, -0.15) is 0 Å². The van der Waals surface area contributed by atoms with Crippen LogP contribution in [0, 0.1) is 13.8 Å². The standard InChI is InChI=1S/C46H39N/c1-26(2)31-12-14-33-24-44-40(20-35(33)18-31)42-22-37(39-17-29(6)28(5)16-38(39)30-10-8-7-9-11-30)23-43-41-21-36-19-32(27(3)4)13-15-34(36)25-45(41)47(44)46(42)43/h7-27H,1-6H3. The molecule has 9 rings (SSSR count). The Morgan fingerprint density at radius 1 is 0.426 bits per heavy atom. The quantitative estimate of drug-likeness (QED) is 0.188. The van der Waals surface area contributed by atoms with Gasteiger partial charge >= 0.3 is 0 Å². The van der Waals surface area contributed by atoms with Crippen molar-refractivity contribution in [2.75, 3.05) is 0 Å². The average molecular weight is 606 g/mol. The second-order valence-corrected chi connectivity index (χ2v) is 14.4. The van der Waals surface area contributed by atoms with Gasteiger partial charge in [0, 0.05) is 21.5 Å². The lowest BCUT2D eigenvalue weighted by atomic mass is 9.89. The molecule has 47 heavy (non-hydrogen) atoms. The van der Waals surface area contributed by atoms with Crippen molar-refractivity contribution in [1.82, 2.24) is 4.40 Å². The maximum atomic E-state index is 2.54. The second kappa shape index (κ2) is 10.2. The molecule has 0 spiro atoms. The Labute approximate surface area is 276 Å². The number of fused-ring (bicyclic) bond motifs is 8. The SMILES string of the molecule is Cc1cc(-c2ccccc2)c(-c2cc3c4cc5cc(C(C)C)ccc5cc4n4c5cc6ccc(C(C)C)cc6cc5c(c2)c34)cc1C. The summed E-state index contributed by atoms with van der Waals surface area (Å²) in [6.07, 6.45) is 0. The predicted octanol–water partition coefficient (Wildman–Crippen LogP) is 13.3. The number of benzene rings is 7. The summed E-state index contributed by atoms with van der Waals surface area (Å²) >= 11 is 0. The van der Waals surface area contributed by atoms with Gasteiger partial charge in [0.25, 0.3) is 0 Å². The van der Waals surface area contributed by atoms with Crippen molar-refractivity contribution in [2.24, 2.45) is 0 Å². The van der Waals surface area contributed by atoms with Crippen LogP contribution in [-0.4, -0.2) is 4.40 Å². The lowest BCUT2D eigenvalue weighted by Gasteiger charge is -2.15. The summed E-state index contributed by atoms with van der Waals surface area (Å²) in [6, 6.07) is 44.3. The van der Waals surface area contributed by atoms with E-state index in [2.05, 4.69) is 161 Å². The highest BCUT2D eigenvalue weighted by molar-refractivity contribution is 6.27. The first-order valence-electron chi connectivity index (χ1n) is 17.1. The van der Waals surface area contributed by atoms with E-state index in [0.29, 0.717) is 11.8 Å². The van der Waals surface area contributed by atoms with E-state index in [1.54, 1.807) is 0 Å². The second-order valence-electron chi connectivity index (χ2n) is 14.4. The Hall–Kier alpha value is -5.14. The van der Waals surface area contributed by atoms with Gasteiger partial charge in [0.2, 0.25) is 0 Å². The molecule has 0 atom stereocenters. The van der Waals surface area contributed by atoms with Gasteiger partial charge in [0.1, 0.15) is 0 Å². The van der Waals surface area contributed by atoms with Crippen molar-refractivity contribution in [3.8, 4) is 22.3 Å². The summed E-state index contributed by atoms with van der Waals surface area (Å²) in [5, 5.41) is 10.5. The van der Waals surface area contributed by atoms with E-state index < -0.39 is 0 Å². The zero-order chi connectivity index (χ0) is 32.1. The van der Waals surface area contributed by atoms with Gasteiger partial charge in [-0.1, -0.05) is 107 Å². The lowest BCUT2D eigenvalue weighted by Crippen LogP contribution is -1.90. The Kier molecular flexibility index (Phi) is 6.09. The van der Waals surface area contributed by atoms with Crippen LogP contribution in [0.1, 0.15) is 61.8 Å². The first-order chi connectivity index (χ1) is 22.7. The molecule has 9 aromatic rings. The number of nitrogens with zero attached hydrogens (tertiary/aromatic N) is 1. The first kappa shape index (κ1) is 28.1. The largest absolute Gasteiger partial charge is 0.308 e. The van der Waals surface area contributed by atoms with Crippen LogP contribution >= 0.6 is 0 Å². The Bertz CT molecular complexity index is 2550. The summed E-state index contributed by atoms with van der Waals surface area (Å²) in [5.41, 5.74) is 14.4. The molecule has 0 unspecified atom stereocenters. The molecule has 0 saturated carbocycles. The fourth-order valence-electron chi connectivity index (χ4n) is 7.85. The highest BCUT2D eigenvalue weighted by Crippen LogP contribution is 2.45. The highest BCUT2D eigenvalue weighted by Gasteiger charge is 2.22. The summed E-state index contributed by atoms with van der Waals surface area (Å²) < 4.78 is 2.54. The zero-order valence-corrected chi connectivity index (χ0v) is 28.1. The smallest absolute Gasteiger partial charge is 0.0620 e. The molecule has 0 saturated heterocycles. The van der Waals surface area contributed by atoms with Crippen molar-refractivity contribution in [3.63, 3.8) is 0 Å². The topological polar surface area (TPSA) is 4.41 Å². The van der Waals surface area contributed by atoms with E-state index in [9.17, 15) is 0 Å². The van der Waals surface area contributed by atoms with Gasteiger partial charge in [-0.05, 0) is 128 Å². The Morgan fingerprint density at radius 3 is 1.40 bits per heavy atom. The number of hydrogen-bond donors (Lipinski definition) is 0. The van der Waals surface area contributed by atoms with Crippen molar-refractivity contribution in [2.45, 2.75) is 53.4 Å². The fourth-order valence-corrected chi connectivity index (χ4v) is 7.85. The molecule has 228 valence electrons. The molecular formula is C46H39N. The van der Waals surface area contributed by atoms with Crippen LogP contribution in [0.4, 0.5) is 0 Å². The molecule has 1 nitrogen and oxygen atoms in total. The van der Waals surface area contributed by atoms with Crippen LogP contribution < -0.4 is 0 Å². The van der Waals surface area contributed by atoms with Crippen molar-refractivity contribution in [1.29, 1.82) is 0 Å². The molecule has 0 aliphatic heterocycles. The van der Waals surface area contributed by atoms with Crippen LogP contribution in [0.5, 0.6) is 0 Å². The highest BCUT2D eigenvalue weighted by atomic mass is 14.9. The molecule has 1 heteroatoms. The molecule has 0 N–H and O–H groups in total. The molecule has 0 bridgehead atoms. The number of rotatable bonds is 4. The van der Waals surface area contributed by atoms with E-state index in [4.69, 9.17) is 0 Å². The van der Waals surface area contributed by atoms with Gasteiger partial charge in [-0.15, -0.1) is 0 Å². The predicted molar refractivity (Wildman–Crippen MR) is 205 cm³/mol. The molecule has 2 heterocycles. The minimum atomic E-state index is 0.492. The molecule has 0 aliphatic carbocycles. The van der Waals surface area contributed by atoms with Crippen LogP contribution in [-0.2, 0) is 0 Å². The summed E-state index contributed by atoms with van der Waals surface area (Å²) in [7, 11) is 0. The normalized spacial score (nSPS) is 12.4. The first-order valence-corrected chi connectivity index (χ1v) is 17.1. The third-order valence-corrected chi connectivity index (χ3v) is 10.7. The molecule has 0 fully saturated rings. The maximum Gasteiger partial charge on any atom is 0.0620 e. The lowest BCUT2D eigenvalue weighted by molar-refractivity contribution is 0.869. The third-order valence-electron chi connectivity index (χ3n) is 10.7. The minimum absolute atomic E-state index is 0.492. The van der Waals surface area contributed by atoms with Crippen molar-refractivity contribution in [3.05, 3.63) is 138 Å². The van der Waals surface area contributed by atoms with E-state index in [-0.39, 0.29) is 0 Å². The van der Waals surface area contributed by atoms with Crippen LogP contribution in [0.3, 0.4) is 0 Å². The summed E-state index contributed by atoms with van der Waals surface area (Å²) in [6.45, 7) is 13.6. The molecular weight excluding hydrogens is 567 g/mol. The Morgan fingerprint density at radius 2 is 0.915 bits per heavy atom. The van der Waals surface area contributed by atoms with Gasteiger partial charge in [-0.3, -0.25) is 0 Å². The number of aryl methyl sites for hydroxylation is 2. The van der Waals surface area contributed by atoms with Crippen molar-refractivity contribution >= 4 is 59.6 Å². The zero-order valence-electron chi connectivity index (χ0n) is 28.1. The maximum absolute atomic E-state index is 2.54. The van der Waals surface area contributed by atoms with Crippen molar-refractivity contribution < 1.29 is 0 Å². The molecule has 2 aromatic heterocycles. The van der Waals surface area contributed by atoms with Gasteiger partial charge in [-0.25, -0.2) is 0 Å². The van der Waals surface area contributed by atoms with Gasteiger partial charge in [0.05, 0.1) is 16.6 Å². The van der Waals surface area contributed by atoms with Crippen LogP contribution in [0.15, 0.2) is 115 Å². The monoisotopic (exact) mass is 605 g/mol. The number of aromatic nitrogens is 1. The summed E-state index contributed by atoms with van der Waals surface area (Å²) in [4.78, 5) is 0. The minimum Gasteiger partial charge on any atom is -0.308 e. The summed E-state index contributed by atoms with van der Waals surface area (Å²) in [5.74, 6) is 0.983. The van der Waals surface area contributed by atoms with E-state index >= 15 is 0 Å². The molecule has 0 aliphatic rings. The molecule has 0 amide bonds. The van der Waals surface area contributed by atoms with Gasteiger partial charge < -0.3 is 4.40 Å². The van der Waals surface area contributed by atoms with E-state index in [1.165, 1.54) is 104 Å². The molecule has 7 aromatic carbocycles. The number of hydrogen-bond acceptors (Lipinski definition) is 0. The molecule has 0 radical (unpaired) electrons. The average Bonchev–Trinajstić information content (AvgIpc) is 3.57. The van der Waals surface area contributed by atoms with Crippen LogP contribution in [0.25, 0.3) is 81.9 Å². The fraction of sp³-hybridized carbons (Fsp3) is 0.174.